The average molecular weight is 225 g/mol. The van der Waals surface area contributed by atoms with Crippen molar-refractivity contribution in [1.29, 1.82) is 0 Å². The molecule has 0 bridgehead atoms. The highest BCUT2D eigenvalue weighted by atomic mass is 127. The van der Waals surface area contributed by atoms with Crippen molar-refractivity contribution >= 4 is 22.6 Å². The van der Waals surface area contributed by atoms with Crippen molar-refractivity contribution in [2.75, 3.05) is 0 Å². The Balaban J connectivity index is 2.66. The number of hydrogen-bond donors (Lipinski definition) is 1. The quantitative estimate of drug-likeness (QED) is 0.488. The molecule has 0 amide bonds. The minimum absolute atomic E-state index is 0.699. The minimum Gasteiger partial charge on any atom is -0.358 e. The zero-order valence-electron chi connectivity index (χ0n) is 4.07. The van der Waals surface area contributed by atoms with Crippen molar-refractivity contribution in [3.05, 3.63) is 21.9 Å². The molecule has 1 nitrogen and oxygen atoms in total. The maximum absolute atomic E-state index is 12.3. The summed E-state index contributed by atoms with van der Waals surface area (Å²) < 4.78 is 13.0. The lowest BCUT2D eigenvalue weighted by atomic mass is 10.4. The molecule has 0 saturated heterocycles. The molecule has 0 saturated carbocycles. The van der Waals surface area contributed by atoms with Gasteiger partial charge in [-0.3, -0.25) is 0 Å². The molecule has 0 aliphatic carbocycles. The van der Waals surface area contributed by atoms with E-state index in [1.807, 2.05) is 22.6 Å². The van der Waals surface area contributed by atoms with Gasteiger partial charge < -0.3 is 5.32 Å². The van der Waals surface area contributed by atoms with Gasteiger partial charge in [0.25, 0.3) is 0 Å². The fourth-order valence-corrected chi connectivity index (χ4v) is 0.832. The molecule has 1 heterocycles. The maximum Gasteiger partial charge on any atom is 0.201 e. The molecular formula is C5H5FIN. The van der Waals surface area contributed by atoms with Crippen LogP contribution in [0.2, 0.25) is 0 Å². The third-order valence-electron chi connectivity index (χ3n) is 0.836. The molecule has 8 heavy (non-hydrogen) atoms. The van der Waals surface area contributed by atoms with E-state index in [0.29, 0.717) is 3.58 Å². The minimum atomic E-state index is -0.986. The molecule has 1 rings (SSSR count). The summed E-state index contributed by atoms with van der Waals surface area (Å²) >= 11 is 1.96. The molecular weight excluding hydrogens is 220 g/mol. The lowest BCUT2D eigenvalue weighted by Gasteiger charge is -2.09. The largest absolute Gasteiger partial charge is 0.358 e. The fourth-order valence-electron chi connectivity index (χ4n) is 0.444. The average Bonchev–Trinajstić information content (AvgIpc) is 1.77. The Morgan fingerprint density at radius 3 is 2.88 bits per heavy atom. The first kappa shape index (κ1) is 6.07. The van der Waals surface area contributed by atoms with E-state index in [1.54, 1.807) is 18.4 Å². The van der Waals surface area contributed by atoms with E-state index in [-0.39, 0.29) is 0 Å². The van der Waals surface area contributed by atoms with Crippen LogP contribution < -0.4 is 5.32 Å². The molecule has 1 atom stereocenters. The van der Waals surface area contributed by atoms with Crippen molar-refractivity contribution in [3.8, 4) is 0 Å². The number of alkyl halides is 1. The summed E-state index contributed by atoms with van der Waals surface area (Å²) in [5, 5.41) is 2.51. The van der Waals surface area contributed by atoms with Crippen LogP contribution >= 0.6 is 22.6 Å². The highest BCUT2D eigenvalue weighted by Crippen LogP contribution is 2.14. The third kappa shape index (κ3) is 1.21. The monoisotopic (exact) mass is 225 g/mol. The summed E-state index contributed by atoms with van der Waals surface area (Å²) in [4.78, 5) is 0. The smallest absolute Gasteiger partial charge is 0.201 e. The molecule has 44 valence electrons. The molecule has 0 spiro atoms. The highest BCUT2D eigenvalue weighted by molar-refractivity contribution is 14.1. The van der Waals surface area contributed by atoms with Gasteiger partial charge in [-0.05, 0) is 40.9 Å². The first-order valence-corrected chi connectivity index (χ1v) is 3.31. The van der Waals surface area contributed by atoms with Gasteiger partial charge in [-0.2, -0.15) is 0 Å². The van der Waals surface area contributed by atoms with Gasteiger partial charge in [0.15, 0.2) is 0 Å². The van der Waals surface area contributed by atoms with Crippen molar-refractivity contribution < 1.29 is 4.39 Å². The molecule has 0 aromatic heterocycles. The highest BCUT2D eigenvalue weighted by Gasteiger charge is 2.07. The molecule has 0 aromatic rings. The van der Waals surface area contributed by atoms with Crippen molar-refractivity contribution in [2.24, 2.45) is 0 Å². The zero-order valence-corrected chi connectivity index (χ0v) is 6.22. The number of dihydropyridines is 1. The third-order valence-corrected chi connectivity index (χ3v) is 1.74. The lowest BCUT2D eigenvalue weighted by molar-refractivity contribution is 0.362. The van der Waals surface area contributed by atoms with Crippen molar-refractivity contribution in [1.82, 2.24) is 5.32 Å². The van der Waals surface area contributed by atoms with E-state index < -0.39 is 6.30 Å². The molecule has 3 heteroatoms. The van der Waals surface area contributed by atoms with E-state index in [9.17, 15) is 4.39 Å². The van der Waals surface area contributed by atoms with Crippen LogP contribution in [0.5, 0.6) is 0 Å². The van der Waals surface area contributed by atoms with Crippen LogP contribution in [-0.4, -0.2) is 6.30 Å². The summed E-state index contributed by atoms with van der Waals surface area (Å²) in [5.41, 5.74) is 0. The van der Waals surface area contributed by atoms with Crippen LogP contribution in [-0.2, 0) is 0 Å². The predicted octanol–water partition coefficient (Wildman–Crippen LogP) is 1.72. The Labute approximate surface area is 60.8 Å². The predicted molar refractivity (Wildman–Crippen MR) is 39.3 cm³/mol. The van der Waals surface area contributed by atoms with E-state index >= 15 is 0 Å². The second-order valence-corrected chi connectivity index (χ2v) is 2.69. The normalized spacial score (nSPS) is 26.8. The number of halogens is 2. The molecule has 0 aromatic carbocycles. The summed E-state index contributed by atoms with van der Waals surface area (Å²) in [7, 11) is 0. The van der Waals surface area contributed by atoms with E-state index in [2.05, 4.69) is 5.32 Å². The molecule has 1 N–H and O–H groups in total. The van der Waals surface area contributed by atoms with Crippen LogP contribution in [0.25, 0.3) is 0 Å². The van der Waals surface area contributed by atoms with Gasteiger partial charge in [-0.25, -0.2) is 4.39 Å². The Bertz CT molecular complexity index is 141. The van der Waals surface area contributed by atoms with Gasteiger partial charge in [-0.1, -0.05) is 0 Å². The molecule has 0 fully saturated rings. The molecule has 1 aliphatic heterocycles. The topological polar surface area (TPSA) is 12.0 Å². The first-order chi connectivity index (χ1) is 3.80. The Morgan fingerprint density at radius 1 is 1.75 bits per heavy atom. The Hall–Kier alpha value is -0.0600. The van der Waals surface area contributed by atoms with E-state index in [4.69, 9.17) is 0 Å². The van der Waals surface area contributed by atoms with Crippen LogP contribution in [0.3, 0.4) is 0 Å². The van der Waals surface area contributed by atoms with Gasteiger partial charge in [0.2, 0.25) is 6.30 Å². The number of nitrogens with one attached hydrogen (secondary N) is 1. The molecule has 1 unspecified atom stereocenters. The fraction of sp³-hybridized carbons (Fsp3) is 0.200. The second-order valence-electron chi connectivity index (χ2n) is 1.44. The van der Waals surface area contributed by atoms with Crippen LogP contribution in [0.1, 0.15) is 0 Å². The van der Waals surface area contributed by atoms with Crippen LogP contribution in [0.4, 0.5) is 4.39 Å². The van der Waals surface area contributed by atoms with Crippen molar-refractivity contribution in [3.63, 3.8) is 0 Å². The molecule has 1 aliphatic rings. The zero-order chi connectivity index (χ0) is 5.98. The summed E-state index contributed by atoms with van der Waals surface area (Å²) in [5.74, 6) is 0. The summed E-state index contributed by atoms with van der Waals surface area (Å²) in [6.07, 6.45) is 4.12. The van der Waals surface area contributed by atoms with Crippen LogP contribution in [0, 0.1) is 0 Å². The number of hydrogen-bond acceptors (Lipinski definition) is 1. The van der Waals surface area contributed by atoms with Crippen molar-refractivity contribution in [2.45, 2.75) is 6.30 Å². The SMILES string of the molecule is FC1NC=CC=C1I. The standard InChI is InChI=1S/C5H5FIN/c6-5-4(7)2-1-3-8-5/h1-3,5,8H. The van der Waals surface area contributed by atoms with Gasteiger partial charge in [-0.15, -0.1) is 0 Å². The van der Waals surface area contributed by atoms with Gasteiger partial charge in [0.05, 0.1) is 0 Å². The summed E-state index contributed by atoms with van der Waals surface area (Å²) in [6.45, 7) is 0. The summed E-state index contributed by atoms with van der Waals surface area (Å²) in [6, 6.07) is 0. The second kappa shape index (κ2) is 2.48. The van der Waals surface area contributed by atoms with Crippen LogP contribution in [0.15, 0.2) is 21.9 Å². The maximum atomic E-state index is 12.3. The van der Waals surface area contributed by atoms with Gasteiger partial charge in [0.1, 0.15) is 0 Å². The van der Waals surface area contributed by atoms with Gasteiger partial charge >= 0.3 is 0 Å². The Morgan fingerprint density at radius 2 is 2.50 bits per heavy atom. The molecule has 0 radical (unpaired) electrons. The Kier molecular flexibility index (Phi) is 1.88. The number of allylic oxidation sites excluding steroid dienone is 2. The van der Waals surface area contributed by atoms with E-state index in [1.165, 1.54) is 0 Å². The number of rotatable bonds is 0. The van der Waals surface area contributed by atoms with Gasteiger partial charge in [0, 0.05) is 3.58 Å². The van der Waals surface area contributed by atoms with E-state index in [0.717, 1.165) is 0 Å². The lowest BCUT2D eigenvalue weighted by Crippen LogP contribution is -2.20. The first-order valence-electron chi connectivity index (χ1n) is 2.23.